The van der Waals surface area contributed by atoms with E-state index in [0.29, 0.717) is 51.9 Å². The summed E-state index contributed by atoms with van der Waals surface area (Å²) in [5.74, 6) is 0.324. The van der Waals surface area contributed by atoms with E-state index in [2.05, 4.69) is 20.7 Å². The number of hydrogen-bond donors (Lipinski definition) is 2. The van der Waals surface area contributed by atoms with Crippen molar-refractivity contribution in [3.05, 3.63) is 63.4 Å². The summed E-state index contributed by atoms with van der Waals surface area (Å²) >= 11 is 15.7. The molecule has 3 heterocycles. The molecule has 8 nitrogen and oxygen atoms in total. The number of carbonyl (C=O) groups is 2. The zero-order valence-electron chi connectivity index (χ0n) is 19.0. The molecule has 0 atom stereocenters. The zero-order valence-corrected chi connectivity index (χ0v) is 22.2. The van der Waals surface area contributed by atoms with Crippen molar-refractivity contribution in [2.45, 2.75) is 17.2 Å². The number of benzene rings is 1. The van der Waals surface area contributed by atoms with Crippen molar-refractivity contribution in [1.82, 2.24) is 20.1 Å². The van der Waals surface area contributed by atoms with E-state index in [1.165, 1.54) is 16.4 Å². The van der Waals surface area contributed by atoms with Crippen LogP contribution in [0.15, 0.2) is 41.6 Å². The number of nitrogens with zero attached hydrogens (tertiary/aromatic N) is 3. The highest BCUT2D eigenvalue weighted by atomic mass is 35.5. The summed E-state index contributed by atoms with van der Waals surface area (Å²) in [5.41, 5.74) is 1.55. The van der Waals surface area contributed by atoms with Crippen molar-refractivity contribution >= 4 is 64.2 Å². The number of nitrogens with one attached hydrogen (secondary N) is 2. The first-order valence-corrected chi connectivity index (χ1v) is 13.7. The van der Waals surface area contributed by atoms with Crippen molar-refractivity contribution in [2.24, 2.45) is 0 Å². The van der Waals surface area contributed by atoms with E-state index in [0.717, 1.165) is 5.75 Å². The minimum Gasteiger partial charge on any atom is -0.379 e. The molecule has 2 N–H and O–H groups in total. The van der Waals surface area contributed by atoms with Gasteiger partial charge < -0.3 is 15.4 Å². The van der Waals surface area contributed by atoms with E-state index in [1.54, 1.807) is 55.2 Å². The predicted molar refractivity (Wildman–Crippen MR) is 142 cm³/mol. The highest BCUT2D eigenvalue weighted by Crippen LogP contribution is 2.31. The second-order valence-corrected chi connectivity index (χ2v) is 10.9. The van der Waals surface area contributed by atoms with Crippen molar-refractivity contribution in [3.8, 4) is 5.82 Å². The van der Waals surface area contributed by atoms with Crippen LogP contribution in [0.2, 0.25) is 10.0 Å². The van der Waals surface area contributed by atoms with Crippen LogP contribution in [0.4, 0.5) is 5.69 Å². The lowest BCUT2D eigenvalue weighted by atomic mass is 10.1. The largest absolute Gasteiger partial charge is 0.379 e. The summed E-state index contributed by atoms with van der Waals surface area (Å²) in [6.45, 7) is 3.53. The van der Waals surface area contributed by atoms with E-state index in [-0.39, 0.29) is 22.4 Å². The Hall–Kier alpha value is -2.24. The SMILES string of the molecule is CSCCNC(=O)c1cc(Cl)cc(C)c1NC(=O)c1cc(SC2COC2)nn1-c1ncccc1Cl. The number of amides is 2. The van der Waals surface area contributed by atoms with Gasteiger partial charge >= 0.3 is 0 Å². The first-order valence-electron chi connectivity index (χ1n) is 10.7. The molecule has 2 amide bonds. The van der Waals surface area contributed by atoms with Crippen LogP contribution < -0.4 is 10.6 Å². The maximum absolute atomic E-state index is 13.5. The Balaban J connectivity index is 1.68. The highest BCUT2D eigenvalue weighted by molar-refractivity contribution is 8.00. The fourth-order valence-corrected chi connectivity index (χ4v) is 5.11. The zero-order chi connectivity index (χ0) is 24.9. The molecular formula is C23H23Cl2N5O3S2. The molecule has 0 radical (unpaired) electrons. The highest BCUT2D eigenvalue weighted by Gasteiger charge is 2.26. The number of pyridine rings is 1. The molecule has 1 aliphatic rings. The number of rotatable bonds is 9. The molecule has 1 aliphatic heterocycles. The summed E-state index contributed by atoms with van der Waals surface area (Å²) in [6, 6.07) is 8.31. The Morgan fingerprint density at radius 2 is 2.03 bits per heavy atom. The van der Waals surface area contributed by atoms with Crippen molar-refractivity contribution in [3.63, 3.8) is 0 Å². The molecule has 0 saturated carbocycles. The second kappa shape index (κ2) is 11.7. The first-order chi connectivity index (χ1) is 16.9. The van der Waals surface area contributed by atoms with Crippen LogP contribution in [0.25, 0.3) is 5.82 Å². The maximum Gasteiger partial charge on any atom is 0.274 e. The van der Waals surface area contributed by atoms with Crippen LogP contribution in [0.3, 0.4) is 0 Å². The van der Waals surface area contributed by atoms with Gasteiger partial charge in [0.25, 0.3) is 11.8 Å². The molecule has 0 aliphatic carbocycles. The van der Waals surface area contributed by atoms with Crippen molar-refractivity contribution in [1.29, 1.82) is 0 Å². The lowest BCUT2D eigenvalue weighted by Gasteiger charge is -2.23. The predicted octanol–water partition coefficient (Wildman–Crippen LogP) is 4.72. The molecule has 0 bridgehead atoms. The number of thioether (sulfide) groups is 2. The molecule has 1 saturated heterocycles. The Morgan fingerprint density at radius 1 is 1.23 bits per heavy atom. The molecule has 4 rings (SSSR count). The van der Waals surface area contributed by atoms with Gasteiger partial charge in [-0.1, -0.05) is 35.0 Å². The number of ether oxygens (including phenoxy) is 1. The van der Waals surface area contributed by atoms with Crippen LogP contribution in [-0.2, 0) is 4.74 Å². The number of anilines is 1. The Morgan fingerprint density at radius 3 is 2.71 bits per heavy atom. The first kappa shape index (κ1) is 25.8. The fourth-order valence-electron chi connectivity index (χ4n) is 3.35. The third kappa shape index (κ3) is 6.13. The van der Waals surface area contributed by atoms with Crippen LogP contribution in [0.1, 0.15) is 26.4 Å². The second-order valence-electron chi connectivity index (χ2n) is 7.71. The van der Waals surface area contributed by atoms with E-state index in [9.17, 15) is 9.59 Å². The maximum atomic E-state index is 13.5. The normalized spacial score (nSPS) is 13.4. The Bertz CT molecular complexity index is 1250. The number of halogens is 2. The quantitative estimate of drug-likeness (QED) is 0.371. The third-order valence-electron chi connectivity index (χ3n) is 5.13. The van der Waals surface area contributed by atoms with Crippen molar-refractivity contribution < 1.29 is 14.3 Å². The average Bonchev–Trinajstić information content (AvgIpc) is 3.22. The van der Waals surface area contributed by atoms with Crippen LogP contribution in [0.5, 0.6) is 0 Å². The Labute approximate surface area is 221 Å². The van der Waals surface area contributed by atoms with Gasteiger partial charge in [0.05, 0.1) is 34.7 Å². The molecule has 3 aromatic rings. The van der Waals surface area contributed by atoms with Gasteiger partial charge in [-0.3, -0.25) is 9.59 Å². The molecule has 2 aromatic heterocycles. The molecule has 35 heavy (non-hydrogen) atoms. The van der Waals surface area contributed by atoms with Gasteiger partial charge in [0.15, 0.2) is 5.82 Å². The lowest BCUT2D eigenvalue weighted by molar-refractivity contribution is 0.0454. The van der Waals surface area contributed by atoms with Gasteiger partial charge in [0.2, 0.25) is 0 Å². The average molecular weight is 553 g/mol. The van der Waals surface area contributed by atoms with Gasteiger partial charge in [-0.25, -0.2) is 9.67 Å². The van der Waals surface area contributed by atoms with E-state index < -0.39 is 5.91 Å². The summed E-state index contributed by atoms with van der Waals surface area (Å²) in [4.78, 5) is 30.7. The van der Waals surface area contributed by atoms with Gasteiger partial charge in [-0.2, -0.15) is 16.9 Å². The number of aryl methyl sites for hydroxylation is 1. The van der Waals surface area contributed by atoms with Crippen LogP contribution >= 0.6 is 46.7 Å². The van der Waals surface area contributed by atoms with E-state index >= 15 is 0 Å². The number of hydrogen-bond acceptors (Lipinski definition) is 7. The summed E-state index contributed by atoms with van der Waals surface area (Å²) in [7, 11) is 0. The molecule has 12 heteroatoms. The number of carbonyl (C=O) groups excluding carboxylic acids is 2. The standard InChI is InChI=1S/C23H23Cl2N5O3S2/c1-13-8-14(24)9-16(22(31)27-6-7-34-2)20(13)28-23(32)18-10-19(35-15-11-33-12-15)29-30(18)21-17(25)4-3-5-26-21/h3-5,8-10,15H,6-7,11-12H2,1-2H3,(H,27,31)(H,28,32). The van der Waals surface area contributed by atoms with E-state index in [1.807, 2.05) is 6.26 Å². The lowest BCUT2D eigenvalue weighted by Crippen LogP contribution is -2.30. The summed E-state index contributed by atoms with van der Waals surface area (Å²) in [6.07, 6.45) is 3.54. The smallest absolute Gasteiger partial charge is 0.274 e. The van der Waals surface area contributed by atoms with E-state index in [4.69, 9.17) is 27.9 Å². The van der Waals surface area contributed by atoms with Crippen LogP contribution in [-0.4, -0.2) is 63.6 Å². The van der Waals surface area contributed by atoms with Gasteiger partial charge in [0.1, 0.15) is 10.7 Å². The van der Waals surface area contributed by atoms with Crippen molar-refractivity contribution in [2.75, 3.05) is 37.1 Å². The molecular weight excluding hydrogens is 529 g/mol. The minimum atomic E-state index is -0.459. The van der Waals surface area contributed by atoms with Gasteiger partial charge in [-0.15, -0.1) is 0 Å². The van der Waals surface area contributed by atoms with Gasteiger partial charge in [-0.05, 0) is 43.0 Å². The monoisotopic (exact) mass is 551 g/mol. The Kier molecular flexibility index (Phi) is 8.61. The topological polar surface area (TPSA) is 98.1 Å². The molecule has 0 spiro atoms. The molecule has 1 fully saturated rings. The molecule has 184 valence electrons. The number of aromatic nitrogens is 3. The van der Waals surface area contributed by atoms with Crippen LogP contribution in [0, 0.1) is 6.92 Å². The molecule has 1 aromatic carbocycles. The van der Waals surface area contributed by atoms with Gasteiger partial charge in [0, 0.05) is 29.6 Å². The summed E-state index contributed by atoms with van der Waals surface area (Å²) in [5, 5.41) is 12.0. The summed E-state index contributed by atoms with van der Waals surface area (Å²) < 4.78 is 6.67. The molecule has 0 unspecified atom stereocenters. The minimum absolute atomic E-state index is 0.233. The fraction of sp³-hybridized carbons (Fsp3) is 0.304. The third-order valence-corrected chi connectivity index (χ3v) is 7.30.